The molecule has 2 aromatic carbocycles. The van der Waals surface area contributed by atoms with Crippen molar-refractivity contribution >= 4 is 16.7 Å². The third-order valence-corrected chi connectivity index (χ3v) is 3.89. The van der Waals surface area contributed by atoms with Crippen LogP contribution in [0.4, 0.5) is 4.39 Å². The molecule has 1 heterocycles. The fourth-order valence-corrected chi connectivity index (χ4v) is 2.68. The molecule has 3 rings (SSSR count). The Hall–Kier alpha value is -2.75. The number of fused-ring (bicyclic) bond motifs is 1. The highest BCUT2D eigenvalue weighted by Gasteiger charge is 2.11. The van der Waals surface area contributed by atoms with Crippen molar-refractivity contribution in [1.82, 2.24) is 4.98 Å². The number of nitrogens with zero attached hydrogens (tertiary/aromatic N) is 1. The van der Waals surface area contributed by atoms with Crippen molar-refractivity contribution in [2.24, 2.45) is 0 Å². The summed E-state index contributed by atoms with van der Waals surface area (Å²) >= 11 is 0. The molecular weight excluding hydrogens is 305 g/mol. The summed E-state index contributed by atoms with van der Waals surface area (Å²) in [4.78, 5) is 16.1. The van der Waals surface area contributed by atoms with Crippen LogP contribution in [-0.2, 0) is 6.61 Å². The molecule has 3 nitrogen and oxygen atoms in total. The summed E-state index contributed by atoms with van der Waals surface area (Å²) in [5, 5.41) is 1.02. The van der Waals surface area contributed by atoms with Crippen LogP contribution in [0.2, 0.25) is 0 Å². The van der Waals surface area contributed by atoms with Gasteiger partial charge < -0.3 is 4.74 Å². The number of aromatic nitrogens is 1. The molecule has 0 saturated heterocycles. The maximum Gasteiger partial charge on any atom is 0.165 e. The Bertz CT molecular complexity index is 905. The molecule has 0 bridgehead atoms. The van der Waals surface area contributed by atoms with Crippen LogP contribution in [0, 0.1) is 12.7 Å². The maximum atomic E-state index is 14.0. The van der Waals surface area contributed by atoms with Gasteiger partial charge in [0.1, 0.15) is 18.2 Å². The number of para-hydroxylation sites is 1. The lowest BCUT2D eigenvalue weighted by atomic mass is 10.1. The summed E-state index contributed by atoms with van der Waals surface area (Å²) in [5.41, 5.74) is 2.91. The fourth-order valence-electron chi connectivity index (χ4n) is 2.68. The van der Waals surface area contributed by atoms with E-state index in [4.69, 9.17) is 4.74 Å². The molecule has 0 unspecified atom stereocenters. The van der Waals surface area contributed by atoms with E-state index in [0.29, 0.717) is 12.4 Å². The summed E-state index contributed by atoms with van der Waals surface area (Å²) in [6.45, 7) is 3.95. The predicted molar refractivity (Wildman–Crippen MR) is 91.8 cm³/mol. The van der Waals surface area contributed by atoms with Crippen molar-refractivity contribution in [2.75, 3.05) is 0 Å². The van der Waals surface area contributed by atoms with Crippen LogP contribution in [0.15, 0.2) is 48.5 Å². The second kappa shape index (κ2) is 6.79. The van der Waals surface area contributed by atoms with E-state index in [1.54, 1.807) is 13.0 Å². The summed E-state index contributed by atoms with van der Waals surface area (Å²) in [6.07, 6.45) is 0.277. The van der Waals surface area contributed by atoms with Gasteiger partial charge in [0.05, 0.1) is 11.1 Å². The quantitative estimate of drug-likeness (QED) is 0.630. The zero-order valence-corrected chi connectivity index (χ0v) is 13.7. The number of ketones is 1. The van der Waals surface area contributed by atoms with Crippen LogP contribution in [0.1, 0.15) is 35.0 Å². The van der Waals surface area contributed by atoms with Gasteiger partial charge in [-0.2, -0.15) is 0 Å². The average molecular weight is 323 g/mol. The van der Waals surface area contributed by atoms with Crippen LogP contribution in [0.5, 0.6) is 5.75 Å². The number of rotatable bonds is 5. The minimum absolute atomic E-state index is 0.107. The molecule has 0 spiro atoms. The van der Waals surface area contributed by atoms with E-state index >= 15 is 0 Å². The van der Waals surface area contributed by atoms with Gasteiger partial charge in [-0.05, 0) is 31.2 Å². The largest absolute Gasteiger partial charge is 0.489 e. The van der Waals surface area contributed by atoms with Crippen LogP contribution < -0.4 is 4.74 Å². The lowest BCUT2D eigenvalue weighted by Crippen LogP contribution is -2.02. The molecule has 0 amide bonds. The Labute approximate surface area is 140 Å². The molecule has 0 aliphatic heterocycles. The van der Waals surface area contributed by atoms with Crippen molar-refractivity contribution in [3.63, 3.8) is 0 Å². The molecule has 0 aliphatic rings. The van der Waals surface area contributed by atoms with E-state index in [1.807, 2.05) is 37.3 Å². The number of hydrogen-bond donors (Lipinski definition) is 0. The fraction of sp³-hybridized carbons (Fsp3) is 0.200. The predicted octanol–water partition coefficient (Wildman–Crippen LogP) is 4.85. The maximum absolute atomic E-state index is 14.0. The van der Waals surface area contributed by atoms with Crippen LogP contribution in [-0.4, -0.2) is 10.8 Å². The molecule has 0 radical (unpaired) electrons. The van der Waals surface area contributed by atoms with Gasteiger partial charge in [0.2, 0.25) is 0 Å². The molecular formula is C20H18FNO2. The lowest BCUT2D eigenvalue weighted by Gasteiger charge is -2.11. The number of carbonyl (C=O) groups is 1. The number of Topliss-reactive ketones (excluding diaryl/α,β-unsaturated/α-hetero) is 1. The minimum atomic E-state index is -0.546. The van der Waals surface area contributed by atoms with Crippen LogP contribution >= 0.6 is 0 Å². The van der Waals surface area contributed by atoms with Gasteiger partial charge in [0.15, 0.2) is 5.78 Å². The number of hydrogen-bond acceptors (Lipinski definition) is 3. The van der Waals surface area contributed by atoms with Gasteiger partial charge in [0, 0.05) is 29.1 Å². The van der Waals surface area contributed by atoms with E-state index < -0.39 is 5.82 Å². The van der Waals surface area contributed by atoms with E-state index in [1.165, 1.54) is 12.1 Å². The first-order valence-electron chi connectivity index (χ1n) is 7.89. The number of pyridine rings is 1. The van der Waals surface area contributed by atoms with Crippen molar-refractivity contribution in [3.8, 4) is 5.75 Å². The number of benzene rings is 2. The van der Waals surface area contributed by atoms with E-state index in [2.05, 4.69) is 4.98 Å². The zero-order valence-electron chi connectivity index (χ0n) is 13.7. The van der Waals surface area contributed by atoms with E-state index in [0.717, 1.165) is 22.2 Å². The second-order valence-electron chi connectivity index (χ2n) is 5.65. The minimum Gasteiger partial charge on any atom is -0.489 e. The summed E-state index contributed by atoms with van der Waals surface area (Å²) < 4.78 is 19.7. The zero-order chi connectivity index (χ0) is 17.1. The first-order chi connectivity index (χ1) is 11.6. The van der Waals surface area contributed by atoms with Gasteiger partial charge >= 0.3 is 0 Å². The Kier molecular flexibility index (Phi) is 4.56. The topological polar surface area (TPSA) is 39.2 Å². The van der Waals surface area contributed by atoms with Gasteiger partial charge in [-0.3, -0.25) is 9.78 Å². The number of halogens is 1. The number of aryl methyl sites for hydroxylation is 1. The standard InChI is InChI=1S/C20H18FNO2/c1-3-20(23)17-9-8-15(11-18(17)21)24-12-14-10-13(2)22-19-7-5-4-6-16(14)19/h4-11H,3,12H2,1-2H3. The van der Waals surface area contributed by atoms with Crippen molar-refractivity contribution < 1.29 is 13.9 Å². The highest BCUT2D eigenvalue weighted by Crippen LogP contribution is 2.22. The highest BCUT2D eigenvalue weighted by atomic mass is 19.1. The summed E-state index contributed by atoms with van der Waals surface area (Å²) in [6, 6.07) is 14.2. The van der Waals surface area contributed by atoms with E-state index in [-0.39, 0.29) is 17.8 Å². The first-order valence-corrected chi connectivity index (χ1v) is 7.89. The molecule has 0 atom stereocenters. The molecule has 122 valence electrons. The molecule has 0 saturated carbocycles. The Morgan fingerprint density at radius 1 is 1.17 bits per heavy atom. The number of carbonyl (C=O) groups excluding carboxylic acids is 1. The second-order valence-corrected chi connectivity index (χ2v) is 5.65. The molecule has 1 aromatic heterocycles. The van der Waals surface area contributed by atoms with E-state index in [9.17, 15) is 9.18 Å². The molecule has 0 N–H and O–H groups in total. The van der Waals surface area contributed by atoms with Gasteiger partial charge in [0.25, 0.3) is 0 Å². The molecule has 3 aromatic rings. The molecule has 0 aliphatic carbocycles. The third kappa shape index (κ3) is 3.27. The smallest absolute Gasteiger partial charge is 0.165 e. The van der Waals surface area contributed by atoms with Crippen LogP contribution in [0.3, 0.4) is 0 Å². The SMILES string of the molecule is CCC(=O)c1ccc(OCc2cc(C)nc3ccccc23)cc1F. The lowest BCUT2D eigenvalue weighted by molar-refractivity contribution is 0.0984. The van der Waals surface area contributed by atoms with Crippen LogP contribution in [0.25, 0.3) is 10.9 Å². The van der Waals surface area contributed by atoms with Gasteiger partial charge in [-0.15, -0.1) is 0 Å². The monoisotopic (exact) mass is 323 g/mol. The van der Waals surface area contributed by atoms with Crippen molar-refractivity contribution in [1.29, 1.82) is 0 Å². The molecule has 0 fully saturated rings. The number of ether oxygens (including phenoxy) is 1. The molecule has 4 heteroatoms. The Morgan fingerprint density at radius 3 is 2.71 bits per heavy atom. The molecule has 24 heavy (non-hydrogen) atoms. The van der Waals surface area contributed by atoms with Gasteiger partial charge in [-0.1, -0.05) is 25.1 Å². The first kappa shape index (κ1) is 16.1. The average Bonchev–Trinajstić information content (AvgIpc) is 2.59. The van der Waals surface area contributed by atoms with Gasteiger partial charge in [-0.25, -0.2) is 4.39 Å². The Morgan fingerprint density at radius 2 is 1.96 bits per heavy atom. The third-order valence-electron chi connectivity index (χ3n) is 3.89. The van der Waals surface area contributed by atoms with Crippen molar-refractivity contribution in [3.05, 3.63) is 71.2 Å². The normalized spacial score (nSPS) is 10.8. The highest BCUT2D eigenvalue weighted by molar-refractivity contribution is 5.96. The summed E-state index contributed by atoms with van der Waals surface area (Å²) in [5.74, 6) is -0.358. The summed E-state index contributed by atoms with van der Waals surface area (Å²) in [7, 11) is 0. The van der Waals surface area contributed by atoms with Crippen molar-refractivity contribution in [2.45, 2.75) is 26.9 Å². The Balaban J connectivity index is 1.84.